The van der Waals surface area contributed by atoms with Crippen LogP contribution < -0.4 is 9.47 Å². The topological polar surface area (TPSA) is 54.4 Å². The number of morpholine rings is 1. The van der Waals surface area contributed by atoms with Crippen molar-refractivity contribution in [2.24, 2.45) is 5.92 Å². The van der Waals surface area contributed by atoms with Gasteiger partial charge >= 0.3 is 0 Å². The Morgan fingerprint density at radius 2 is 2.07 bits per heavy atom. The summed E-state index contributed by atoms with van der Waals surface area (Å²) in [6.45, 7) is 6.22. The summed E-state index contributed by atoms with van der Waals surface area (Å²) < 4.78 is 18.3. The van der Waals surface area contributed by atoms with Crippen LogP contribution in [0.1, 0.15) is 30.4 Å². The Kier molecular flexibility index (Phi) is 4.35. The molecular weight excluding hydrogens is 368 g/mol. The SMILES string of the molecule is CN1CC[C@]23c4c5ccc(OCCN6CCOCC6)c4O[C@H]2[C@@H](O)CC[C@H]3[C@H]1C5. The van der Waals surface area contributed by atoms with Crippen molar-refractivity contribution >= 4 is 0 Å². The molecule has 3 aliphatic heterocycles. The van der Waals surface area contributed by atoms with E-state index in [1.807, 2.05) is 0 Å². The monoisotopic (exact) mass is 400 g/mol. The van der Waals surface area contributed by atoms with E-state index in [9.17, 15) is 5.11 Å². The lowest BCUT2D eigenvalue weighted by Gasteiger charge is -2.58. The van der Waals surface area contributed by atoms with Gasteiger partial charge in [0.1, 0.15) is 12.7 Å². The van der Waals surface area contributed by atoms with Gasteiger partial charge in [-0.05, 0) is 56.8 Å². The second kappa shape index (κ2) is 6.84. The number of likely N-dealkylation sites (tertiary alicyclic amines) is 1. The molecule has 0 unspecified atom stereocenters. The molecule has 3 heterocycles. The van der Waals surface area contributed by atoms with Gasteiger partial charge in [-0.1, -0.05) is 6.07 Å². The van der Waals surface area contributed by atoms with Gasteiger partial charge in [0.05, 0.1) is 19.3 Å². The Morgan fingerprint density at radius 3 is 2.93 bits per heavy atom. The summed E-state index contributed by atoms with van der Waals surface area (Å²) in [5, 5.41) is 10.9. The van der Waals surface area contributed by atoms with E-state index in [4.69, 9.17) is 14.2 Å². The summed E-state index contributed by atoms with van der Waals surface area (Å²) in [7, 11) is 2.27. The van der Waals surface area contributed by atoms with Gasteiger partial charge in [0.2, 0.25) is 0 Å². The lowest BCUT2D eigenvalue weighted by molar-refractivity contribution is -0.0993. The molecule has 1 spiro atoms. The number of aliphatic hydroxyl groups is 1. The highest BCUT2D eigenvalue weighted by atomic mass is 16.5. The minimum absolute atomic E-state index is 0.0264. The normalized spacial score (nSPS) is 38.4. The number of rotatable bonds is 4. The van der Waals surface area contributed by atoms with E-state index in [1.165, 1.54) is 11.1 Å². The Balaban J connectivity index is 1.32. The molecule has 2 bridgehead atoms. The molecule has 6 rings (SSSR count). The molecule has 29 heavy (non-hydrogen) atoms. The van der Waals surface area contributed by atoms with Crippen LogP contribution in [0.15, 0.2) is 12.1 Å². The smallest absolute Gasteiger partial charge is 0.165 e. The molecule has 1 aromatic carbocycles. The van der Waals surface area contributed by atoms with Crippen LogP contribution in [-0.4, -0.2) is 86.2 Å². The molecule has 0 amide bonds. The van der Waals surface area contributed by atoms with Crippen molar-refractivity contribution in [1.82, 2.24) is 9.80 Å². The van der Waals surface area contributed by atoms with Crippen molar-refractivity contribution in [2.45, 2.75) is 49.3 Å². The Morgan fingerprint density at radius 1 is 1.21 bits per heavy atom. The molecule has 1 aromatic rings. The lowest BCUT2D eigenvalue weighted by Crippen LogP contribution is -2.66. The summed E-state index contributed by atoms with van der Waals surface area (Å²) in [6, 6.07) is 4.93. The standard InChI is InChI=1S/C23H32N2O4/c1-24-7-6-23-16-3-4-18(26)22(23)29-21-19(5-2-15(20(21)23)14-17(16)24)28-13-10-25-8-11-27-12-9-25/h2,5,16-18,22,26H,3-4,6-14H2,1H3/t16-,17+,18-,22-,23-/m0/s1. The molecule has 0 radical (unpaired) electrons. The molecule has 6 heteroatoms. The first-order valence-corrected chi connectivity index (χ1v) is 11.3. The van der Waals surface area contributed by atoms with E-state index in [1.54, 1.807) is 0 Å². The number of aliphatic hydroxyl groups excluding tert-OH is 1. The van der Waals surface area contributed by atoms with Crippen LogP contribution in [0.3, 0.4) is 0 Å². The third-order valence-electron chi connectivity index (χ3n) is 8.32. The van der Waals surface area contributed by atoms with Crippen LogP contribution in [0.4, 0.5) is 0 Å². The van der Waals surface area contributed by atoms with E-state index in [0.29, 0.717) is 18.6 Å². The molecule has 6 nitrogen and oxygen atoms in total. The number of piperidine rings is 1. The zero-order valence-electron chi connectivity index (χ0n) is 17.3. The van der Waals surface area contributed by atoms with Crippen molar-refractivity contribution in [3.05, 3.63) is 23.3 Å². The Bertz CT molecular complexity index is 795. The zero-order chi connectivity index (χ0) is 19.6. The maximum Gasteiger partial charge on any atom is 0.165 e. The van der Waals surface area contributed by atoms with Gasteiger partial charge in [0.25, 0.3) is 0 Å². The summed E-state index contributed by atoms with van der Waals surface area (Å²) in [5.41, 5.74) is 2.76. The average Bonchev–Trinajstić information content (AvgIpc) is 3.09. The van der Waals surface area contributed by atoms with Crippen molar-refractivity contribution in [2.75, 3.05) is 53.0 Å². The molecular formula is C23H32N2O4. The van der Waals surface area contributed by atoms with Gasteiger partial charge in [-0.3, -0.25) is 4.90 Å². The second-order valence-electron chi connectivity index (χ2n) is 9.56. The zero-order valence-corrected chi connectivity index (χ0v) is 17.3. The summed E-state index contributed by atoms with van der Waals surface area (Å²) in [6.07, 6.45) is 3.61. The third-order valence-corrected chi connectivity index (χ3v) is 8.32. The van der Waals surface area contributed by atoms with Crippen LogP contribution in [0.2, 0.25) is 0 Å². The van der Waals surface area contributed by atoms with E-state index in [0.717, 1.165) is 76.6 Å². The number of likely N-dealkylation sites (N-methyl/N-ethyl adjacent to an activating group) is 1. The molecule has 2 saturated heterocycles. The fourth-order valence-electron chi connectivity index (χ4n) is 6.92. The maximum absolute atomic E-state index is 10.9. The Labute approximate surface area is 172 Å². The van der Waals surface area contributed by atoms with E-state index in [2.05, 4.69) is 29.0 Å². The van der Waals surface area contributed by atoms with E-state index >= 15 is 0 Å². The molecule has 1 N–H and O–H groups in total. The fourth-order valence-corrected chi connectivity index (χ4v) is 6.92. The number of hydrogen-bond acceptors (Lipinski definition) is 6. The van der Waals surface area contributed by atoms with Crippen molar-refractivity contribution in [3.8, 4) is 11.5 Å². The second-order valence-corrected chi connectivity index (χ2v) is 9.56. The summed E-state index contributed by atoms with van der Waals surface area (Å²) in [5.74, 6) is 2.37. The highest BCUT2D eigenvalue weighted by Gasteiger charge is 2.65. The molecule has 3 fully saturated rings. The quantitative estimate of drug-likeness (QED) is 0.825. The van der Waals surface area contributed by atoms with Gasteiger partial charge in [-0.25, -0.2) is 0 Å². The summed E-state index contributed by atoms with van der Waals surface area (Å²) >= 11 is 0. The first kappa shape index (κ1) is 18.4. The average molecular weight is 401 g/mol. The van der Waals surface area contributed by atoms with Gasteiger partial charge in [-0.2, -0.15) is 0 Å². The maximum atomic E-state index is 10.9. The first-order valence-electron chi connectivity index (χ1n) is 11.3. The van der Waals surface area contributed by atoms with Gasteiger partial charge in [0.15, 0.2) is 11.5 Å². The third kappa shape index (κ3) is 2.62. The minimum atomic E-state index is -0.380. The molecule has 1 saturated carbocycles. The van der Waals surface area contributed by atoms with Crippen LogP contribution in [-0.2, 0) is 16.6 Å². The fraction of sp³-hybridized carbons (Fsp3) is 0.739. The van der Waals surface area contributed by atoms with Crippen molar-refractivity contribution in [3.63, 3.8) is 0 Å². The van der Waals surface area contributed by atoms with Crippen LogP contribution in [0.25, 0.3) is 0 Å². The minimum Gasteiger partial charge on any atom is -0.488 e. The molecule has 5 atom stereocenters. The number of hydrogen-bond donors (Lipinski definition) is 1. The molecule has 0 aromatic heterocycles. The van der Waals surface area contributed by atoms with Crippen LogP contribution in [0, 0.1) is 5.92 Å². The van der Waals surface area contributed by atoms with Crippen LogP contribution in [0.5, 0.6) is 11.5 Å². The van der Waals surface area contributed by atoms with Gasteiger partial charge < -0.3 is 24.2 Å². The largest absolute Gasteiger partial charge is 0.488 e. The number of ether oxygens (including phenoxy) is 3. The highest BCUT2D eigenvalue weighted by Crippen LogP contribution is 2.63. The van der Waals surface area contributed by atoms with Gasteiger partial charge in [-0.15, -0.1) is 0 Å². The van der Waals surface area contributed by atoms with Crippen LogP contribution >= 0.6 is 0 Å². The van der Waals surface area contributed by atoms with E-state index in [-0.39, 0.29) is 17.6 Å². The first-order chi connectivity index (χ1) is 14.2. The molecule has 158 valence electrons. The Hall–Kier alpha value is -1.34. The molecule has 5 aliphatic rings. The van der Waals surface area contributed by atoms with Crippen molar-refractivity contribution < 1.29 is 19.3 Å². The lowest BCUT2D eigenvalue weighted by atomic mass is 9.51. The van der Waals surface area contributed by atoms with E-state index < -0.39 is 0 Å². The predicted molar refractivity (Wildman–Crippen MR) is 109 cm³/mol. The number of benzene rings is 1. The molecule has 2 aliphatic carbocycles. The van der Waals surface area contributed by atoms with Crippen molar-refractivity contribution in [1.29, 1.82) is 0 Å². The van der Waals surface area contributed by atoms with Gasteiger partial charge in [0, 0.05) is 36.7 Å². The highest BCUT2D eigenvalue weighted by molar-refractivity contribution is 5.61. The number of nitrogens with zero attached hydrogens (tertiary/aromatic N) is 2. The predicted octanol–water partition coefficient (Wildman–Crippen LogP) is 1.43. The summed E-state index contributed by atoms with van der Waals surface area (Å²) in [4.78, 5) is 4.93.